The van der Waals surface area contributed by atoms with Crippen LogP contribution in [0.2, 0.25) is 0 Å². The average Bonchev–Trinajstić information content (AvgIpc) is 1.14. The van der Waals surface area contributed by atoms with Gasteiger partial charge in [-0.3, -0.25) is 4.79 Å². The molecule has 0 aromatic heterocycles. The summed E-state index contributed by atoms with van der Waals surface area (Å²) in [6.45, 7) is 7.80. The van der Waals surface area contributed by atoms with Crippen molar-refractivity contribution in [1.29, 1.82) is 0 Å². The molecular formula is C68H110O35. The van der Waals surface area contributed by atoms with Crippen LogP contribution in [0.4, 0.5) is 0 Å². The molecule has 0 aromatic rings. The Balaban J connectivity index is 0.770. The molecule has 7 aliphatic heterocycles. The highest BCUT2D eigenvalue weighted by Gasteiger charge is 2.72. The summed E-state index contributed by atoms with van der Waals surface area (Å²) >= 11 is 0. The van der Waals surface area contributed by atoms with Crippen LogP contribution >= 0.6 is 0 Å². The Bertz CT molecular complexity index is 2960. The lowest BCUT2D eigenvalue weighted by Crippen LogP contribution is -2.70. The topological polar surface area (TPSA) is 551 Å². The van der Waals surface area contributed by atoms with Crippen molar-refractivity contribution >= 4 is 5.97 Å². The minimum Gasteiger partial charge on any atom is -0.432 e. The van der Waals surface area contributed by atoms with Crippen LogP contribution in [0.5, 0.6) is 0 Å². The van der Waals surface area contributed by atoms with Gasteiger partial charge in [-0.2, -0.15) is 0 Å². The van der Waals surface area contributed by atoms with Gasteiger partial charge in [-0.05, 0) is 104 Å². The van der Waals surface area contributed by atoms with Gasteiger partial charge in [0.2, 0.25) is 6.29 Å². The summed E-state index contributed by atoms with van der Waals surface area (Å²) in [5.41, 5.74) is -7.80. The van der Waals surface area contributed by atoms with Crippen molar-refractivity contribution in [1.82, 2.24) is 0 Å². The molecule has 0 spiro atoms. The van der Waals surface area contributed by atoms with Crippen LogP contribution < -0.4 is 0 Å². The van der Waals surface area contributed by atoms with Crippen molar-refractivity contribution in [3.8, 4) is 0 Å². The van der Waals surface area contributed by atoms with Crippen LogP contribution in [0.25, 0.3) is 0 Å². The minimum atomic E-state index is -2.24. The van der Waals surface area contributed by atoms with Crippen LogP contribution in [0, 0.1) is 50.2 Å². The third kappa shape index (κ3) is 13.6. The second-order valence-electron chi connectivity index (χ2n) is 33.2. The fourth-order valence-electron chi connectivity index (χ4n) is 20.0. The van der Waals surface area contributed by atoms with E-state index in [-0.39, 0.29) is 23.7 Å². The van der Waals surface area contributed by atoms with E-state index in [4.69, 9.17) is 66.3 Å². The minimum absolute atomic E-state index is 0.140. The van der Waals surface area contributed by atoms with Crippen LogP contribution in [-0.4, -0.2) is 357 Å². The molecule has 39 atom stereocenters. The lowest BCUT2D eigenvalue weighted by molar-refractivity contribution is -0.383. The van der Waals surface area contributed by atoms with E-state index >= 15 is 4.79 Å². The van der Waals surface area contributed by atoms with Crippen molar-refractivity contribution in [2.45, 2.75) is 296 Å². The van der Waals surface area contributed by atoms with Gasteiger partial charge in [0.1, 0.15) is 121 Å². The molecule has 0 radical (unpaired) electrons. The molecule has 7 heterocycles. The standard InChI is InChI=1S/C68H110O35/c1-27-45(97-53-42(82)46(32(76)21-90-53)98-58-50(85)67(88,23-72)25-92-58)48(100-59-51(86)68(89,24-73)26-93-59)44(84)55(94-27)101-49-37(77)31(75)20-91-57(49)103-60(87)66-14-12-61(2,3)16-29(66)28-8-9-36-62(4)17-30(74)52(63(5,22-71)35(62)10-11-65(36,7)64(28,6)13-15-66)102-56-43(83)47(39(79)34(19-70)96-56)99-54-41(81)40(80)38(78)33(18-69)95-54/h8,27,29-59,69-86,88-89H,9-26H2,1-7H3/t27-,29-,30-,31-,32+,33+,34+,35+,36+,37-,38+,39+,40-,41+,42+,43+,44+,45-,46-,47-,48-,49+,50-,51-,52-,53-,54-,55-,56-,57-,58-,59-,62-,63-,64+,65+,66-,67+,68+/m0/s1. The Morgan fingerprint density at radius 2 is 1.02 bits per heavy atom. The number of ether oxygens (including phenoxy) is 14. The monoisotopic (exact) mass is 1490 g/mol. The predicted molar refractivity (Wildman–Crippen MR) is 338 cm³/mol. The number of carbonyl (C=O) groups is 1. The zero-order valence-corrected chi connectivity index (χ0v) is 58.8. The molecule has 20 N–H and O–H groups in total. The zero-order chi connectivity index (χ0) is 75.0. The highest BCUT2D eigenvalue weighted by Crippen LogP contribution is 2.76. The van der Waals surface area contributed by atoms with Crippen LogP contribution in [0.15, 0.2) is 11.6 Å². The summed E-state index contributed by atoms with van der Waals surface area (Å²) in [6, 6.07) is 0. The van der Waals surface area contributed by atoms with E-state index in [1.54, 1.807) is 6.92 Å². The third-order valence-corrected chi connectivity index (χ3v) is 26.5. The van der Waals surface area contributed by atoms with Crippen LogP contribution in [0.1, 0.15) is 106 Å². The number of hydrogen-bond donors (Lipinski definition) is 20. The van der Waals surface area contributed by atoms with Crippen LogP contribution in [-0.2, 0) is 71.1 Å². The number of hydrogen-bond acceptors (Lipinski definition) is 35. The SMILES string of the molecule is C[C@@H]1O[C@@H](O[C@H]2[C@H](OC(=O)[C@]34CCC(C)(C)C[C@H]3C3=CC[C@@H]5[C@@]6(C)C[C@H](O)[C@H](O[C@@H]7O[C@H](CO)[C@@H](O)[C@H](O[C@@H]8O[C@H](CO)[C@@H](O)[C@H](O)[C@H]8O)[C@H]7O)[C@@](C)(CO)[C@@H]6CC[C@@]5(C)[C@]3(C)CC4)OC[C@H](O)[C@@H]2O)[C@H](O)[C@H](O[C@@H]2OC[C@](O)(CO)[C@H]2O)[C@H]1O[C@@H]1OC[C@@H](O)[C@H](O[C@@H]2OC[C@](O)(CO)[C@H]2O)[C@H]1O. The van der Waals surface area contributed by atoms with Gasteiger partial charge in [-0.25, -0.2) is 0 Å². The second-order valence-corrected chi connectivity index (χ2v) is 33.2. The number of aliphatic hydroxyl groups excluding tert-OH is 18. The van der Waals surface area contributed by atoms with Crippen LogP contribution in [0.3, 0.4) is 0 Å². The maximum atomic E-state index is 15.7. The van der Waals surface area contributed by atoms with Crippen molar-refractivity contribution in [3.63, 3.8) is 0 Å². The zero-order valence-electron chi connectivity index (χ0n) is 58.8. The molecule has 0 unspecified atom stereocenters. The van der Waals surface area contributed by atoms with E-state index in [9.17, 15) is 102 Å². The molecule has 0 bridgehead atoms. The fraction of sp³-hybridized carbons (Fsp3) is 0.956. The molecule has 103 heavy (non-hydrogen) atoms. The molecule has 5 aliphatic carbocycles. The molecule has 12 rings (SSSR count). The first-order valence-corrected chi connectivity index (χ1v) is 36.0. The quantitative estimate of drug-likeness (QED) is 0.0325. The highest BCUT2D eigenvalue weighted by atomic mass is 16.8. The largest absolute Gasteiger partial charge is 0.432 e. The van der Waals surface area contributed by atoms with Gasteiger partial charge in [-0.1, -0.05) is 53.2 Å². The Morgan fingerprint density at radius 1 is 0.485 bits per heavy atom. The summed E-state index contributed by atoms with van der Waals surface area (Å²) in [6.07, 6.45) is -43.4. The van der Waals surface area contributed by atoms with E-state index in [1.807, 2.05) is 0 Å². The summed E-state index contributed by atoms with van der Waals surface area (Å²) in [4.78, 5) is 15.7. The summed E-state index contributed by atoms with van der Waals surface area (Å²) in [5, 5.41) is 221. The molecule has 35 nitrogen and oxygen atoms in total. The van der Waals surface area contributed by atoms with Gasteiger partial charge in [0, 0.05) is 5.41 Å². The second kappa shape index (κ2) is 29.9. The first kappa shape index (κ1) is 80.4. The smallest absolute Gasteiger partial charge is 0.315 e. The van der Waals surface area contributed by atoms with Crippen molar-refractivity contribution in [2.24, 2.45) is 50.2 Å². The van der Waals surface area contributed by atoms with Gasteiger partial charge in [0.05, 0.1) is 83.2 Å². The number of rotatable bonds is 19. The average molecular weight is 1490 g/mol. The summed E-state index contributed by atoms with van der Waals surface area (Å²) in [7, 11) is 0. The molecule has 592 valence electrons. The van der Waals surface area contributed by atoms with Gasteiger partial charge in [0.25, 0.3) is 0 Å². The Labute approximate surface area is 594 Å². The maximum absolute atomic E-state index is 15.7. The molecule has 35 heteroatoms. The first-order valence-electron chi connectivity index (χ1n) is 36.0. The molecular weight excluding hydrogens is 1380 g/mol. The van der Waals surface area contributed by atoms with Gasteiger partial charge in [0.15, 0.2) is 43.8 Å². The molecule has 11 fully saturated rings. The number of allylic oxidation sites excluding steroid dienone is 2. The first-order chi connectivity index (χ1) is 48.4. The van der Waals surface area contributed by atoms with E-state index in [0.29, 0.717) is 51.4 Å². The summed E-state index contributed by atoms with van der Waals surface area (Å²) < 4.78 is 83.7. The van der Waals surface area contributed by atoms with E-state index < -0.39 is 288 Å². The van der Waals surface area contributed by atoms with E-state index in [0.717, 1.165) is 5.57 Å². The normalized spacial score (nSPS) is 55.0. The predicted octanol–water partition coefficient (Wildman–Crippen LogP) is -7.03. The molecule has 4 saturated carbocycles. The van der Waals surface area contributed by atoms with E-state index in [1.165, 1.54) is 6.92 Å². The van der Waals surface area contributed by atoms with Crippen molar-refractivity contribution in [3.05, 3.63) is 11.6 Å². The van der Waals surface area contributed by atoms with Crippen molar-refractivity contribution in [2.75, 3.05) is 59.5 Å². The molecule has 0 amide bonds. The number of aliphatic hydroxyl groups is 20. The lowest BCUT2D eigenvalue weighted by Gasteiger charge is -2.72. The van der Waals surface area contributed by atoms with Gasteiger partial charge in [-0.15, -0.1) is 0 Å². The molecule has 7 saturated heterocycles. The number of carbonyl (C=O) groups excluding carboxylic acids is 1. The summed E-state index contributed by atoms with van der Waals surface area (Å²) in [5.74, 6) is -1.57. The molecule has 0 aromatic carbocycles. The maximum Gasteiger partial charge on any atom is 0.315 e. The Morgan fingerprint density at radius 3 is 1.63 bits per heavy atom. The van der Waals surface area contributed by atoms with E-state index in [2.05, 4.69) is 40.7 Å². The van der Waals surface area contributed by atoms with Gasteiger partial charge >= 0.3 is 5.97 Å². The number of fused-ring (bicyclic) bond motifs is 7. The lowest BCUT2D eigenvalue weighted by atomic mass is 9.33. The van der Waals surface area contributed by atoms with Crippen molar-refractivity contribution < 1.29 is 173 Å². The number of esters is 1. The Kier molecular flexibility index (Phi) is 23.3. The third-order valence-electron chi connectivity index (χ3n) is 26.5. The fourth-order valence-corrected chi connectivity index (χ4v) is 20.0. The Hall–Kier alpha value is -2.11. The molecule has 12 aliphatic rings. The highest BCUT2D eigenvalue weighted by molar-refractivity contribution is 5.79. The van der Waals surface area contributed by atoms with Gasteiger partial charge < -0.3 is 168 Å².